The molecule has 0 aromatic carbocycles. The number of nitrogens with zero attached hydrogens (tertiary/aromatic N) is 1. The molecule has 16 heavy (non-hydrogen) atoms. The lowest BCUT2D eigenvalue weighted by Crippen LogP contribution is -2.40. The fraction of sp³-hybridized carbons (Fsp3) is 1.00. The summed E-state index contributed by atoms with van der Waals surface area (Å²) in [4.78, 5) is 2.68. The summed E-state index contributed by atoms with van der Waals surface area (Å²) in [7, 11) is 0. The molecule has 1 saturated heterocycles. The molecule has 0 amide bonds. The average Bonchev–Trinajstić information content (AvgIpc) is 2.68. The molecule has 2 N–H and O–H groups in total. The van der Waals surface area contributed by atoms with Gasteiger partial charge in [0.15, 0.2) is 0 Å². The van der Waals surface area contributed by atoms with Gasteiger partial charge in [0.05, 0.1) is 0 Å². The highest BCUT2D eigenvalue weighted by Gasteiger charge is 2.30. The van der Waals surface area contributed by atoms with Gasteiger partial charge >= 0.3 is 0 Å². The number of rotatable bonds is 3. The molecule has 2 rings (SSSR count). The van der Waals surface area contributed by atoms with Crippen molar-refractivity contribution in [3.8, 4) is 0 Å². The molecule has 0 aromatic heterocycles. The van der Waals surface area contributed by atoms with Gasteiger partial charge in [0.1, 0.15) is 0 Å². The predicted molar refractivity (Wildman–Crippen MR) is 69.4 cm³/mol. The molecule has 1 heterocycles. The first-order valence-electron chi connectivity index (χ1n) is 7.09. The third-order valence-electron chi connectivity index (χ3n) is 5.01. The summed E-state index contributed by atoms with van der Waals surface area (Å²) >= 11 is 0. The zero-order chi connectivity index (χ0) is 11.6. The second-order valence-electron chi connectivity index (χ2n) is 6.40. The molecule has 2 fully saturated rings. The topological polar surface area (TPSA) is 29.3 Å². The van der Waals surface area contributed by atoms with Crippen molar-refractivity contribution in [3.05, 3.63) is 0 Å². The van der Waals surface area contributed by atoms with Crippen molar-refractivity contribution < 1.29 is 0 Å². The first kappa shape index (κ1) is 12.4. The Labute approximate surface area is 101 Å². The van der Waals surface area contributed by atoms with E-state index in [9.17, 15) is 0 Å². The average molecular weight is 224 g/mol. The van der Waals surface area contributed by atoms with E-state index >= 15 is 0 Å². The van der Waals surface area contributed by atoms with E-state index < -0.39 is 0 Å². The Morgan fingerprint density at radius 2 is 1.94 bits per heavy atom. The zero-order valence-corrected chi connectivity index (χ0v) is 11.0. The van der Waals surface area contributed by atoms with Crippen LogP contribution in [0.1, 0.15) is 52.4 Å². The minimum absolute atomic E-state index is 0.496. The molecular formula is C14H28N2. The van der Waals surface area contributed by atoms with Crippen LogP contribution in [0.2, 0.25) is 0 Å². The van der Waals surface area contributed by atoms with Crippen LogP contribution in [0.4, 0.5) is 0 Å². The number of piperidine rings is 1. The van der Waals surface area contributed by atoms with Gasteiger partial charge in [0.25, 0.3) is 0 Å². The van der Waals surface area contributed by atoms with E-state index in [2.05, 4.69) is 18.7 Å². The lowest BCUT2D eigenvalue weighted by molar-refractivity contribution is 0.102. The zero-order valence-electron chi connectivity index (χ0n) is 11.0. The molecule has 2 unspecified atom stereocenters. The van der Waals surface area contributed by atoms with Crippen molar-refractivity contribution in [3.63, 3.8) is 0 Å². The van der Waals surface area contributed by atoms with Gasteiger partial charge in [-0.05, 0) is 56.5 Å². The normalized spacial score (nSPS) is 35.4. The van der Waals surface area contributed by atoms with Gasteiger partial charge in [-0.3, -0.25) is 0 Å². The van der Waals surface area contributed by atoms with E-state index in [4.69, 9.17) is 5.73 Å². The van der Waals surface area contributed by atoms with Crippen LogP contribution in [-0.2, 0) is 0 Å². The van der Waals surface area contributed by atoms with Crippen LogP contribution < -0.4 is 5.73 Å². The molecule has 0 spiro atoms. The predicted octanol–water partition coefficient (Wildman–Crippen LogP) is 2.63. The van der Waals surface area contributed by atoms with Crippen LogP contribution in [0.5, 0.6) is 0 Å². The second-order valence-corrected chi connectivity index (χ2v) is 6.40. The van der Waals surface area contributed by atoms with Crippen LogP contribution in [0.15, 0.2) is 0 Å². The summed E-state index contributed by atoms with van der Waals surface area (Å²) < 4.78 is 0. The lowest BCUT2D eigenvalue weighted by Gasteiger charge is -2.39. The highest BCUT2D eigenvalue weighted by Crippen LogP contribution is 2.35. The molecular weight excluding hydrogens is 196 g/mol. The van der Waals surface area contributed by atoms with Gasteiger partial charge in [0, 0.05) is 12.6 Å². The molecule has 1 aliphatic carbocycles. The minimum atomic E-state index is 0.496. The van der Waals surface area contributed by atoms with E-state index in [1.807, 2.05) is 0 Å². The first-order chi connectivity index (χ1) is 7.61. The summed E-state index contributed by atoms with van der Waals surface area (Å²) in [6.45, 7) is 8.74. The standard InChI is InChI=1S/C14H28N2/c1-3-14(2)6-8-16(9-7-14)11-12-4-5-13(15)10-12/h12-13H,3-11,15H2,1-2H3. The molecule has 1 saturated carbocycles. The Hall–Kier alpha value is -0.0800. The monoisotopic (exact) mass is 224 g/mol. The Kier molecular flexibility index (Phi) is 3.91. The molecule has 0 bridgehead atoms. The highest BCUT2D eigenvalue weighted by molar-refractivity contribution is 4.85. The summed E-state index contributed by atoms with van der Waals surface area (Å²) in [6, 6.07) is 0.496. The number of nitrogens with two attached hydrogens (primary N) is 1. The van der Waals surface area contributed by atoms with Crippen molar-refractivity contribution in [1.82, 2.24) is 4.90 Å². The number of hydrogen-bond acceptors (Lipinski definition) is 2. The van der Waals surface area contributed by atoms with Crippen molar-refractivity contribution in [2.75, 3.05) is 19.6 Å². The van der Waals surface area contributed by atoms with Gasteiger partial charge in [-0.25, -0.2) is 0 Å². The van der Waals surface area contributed by atoms with E-state index in [0.29, 0.717) is 11.5 Å². The van der Waals surface area contributed by atoms with Gasteiger partial charge in [-0.2, -0.15) is 0 Å². The van der Waals surface area contributed by atoms with Crippen LogP contribution in [-0.4, -0.2) is 30.6 Å². The van der Waals surface area contributed by atoms with Crippen LogP contribution in [0.25, 0.3) is 0 Å². The van der Waals surface area contributed by atoms with Gasteiger partial charge in [0.2, 0.25) is 0 Å². The number of likely N-dealkylation sites (tertiary alicyclic amines) is 1. The third-order valence-corrected chi connectivity index (χ3v) is 5.01. The maximum Gasteiger partial charge on any atom is 0.00420 e. The maximum absolute atomic E-state index is 5.98. The van der Waals surface area contributed by atoms with Gasteiger partial charge in [-0.15, -0.1) is 0 Å². The van der Waals surface area contributed by atoms with Crippen molar-refractivity contribution in [1.29, 1.82) is 0 Å². The lowest BCUT2D eigenvalue weighted by atomic mass is 9.78. The van der Waals surface area contributed by atoms with E-state index in [1.54, 1.807) is 0 Å². The summed E-state index contributed by atoms with van der Waals surface area (Å²) in [6.07, 6.45) is 8.01. The summed E-state index contributed by atoms with van der Waals surface area (Å²) in [5.41, 5.74) is 6.60. The first-order valence-corrected chi connectivity index (χ1v) is 7.09. The molecule has 2 aliphatic rings. The largest absolute Gasteiger partial charge is 0.328 e. The molecule has 2 heteroatoms. The molecule has 94 valence electrons. The van der Waals surface area contributed by atoms with Crippen LogP contribution in [0.3, 0.4) is 0 Å². The highest BCUT2D eigenvalue weighted by atomic mass is 15.1. The van der Waals surface area contributed by atoms with Crippen molar-refractivity contribution in [2.45, 2.75) is 58.4 Å². The molecule has 0 radical (unpaired) electrons. The van der Waals surface area contributed by atoms with Gasteiger partial charge in [-0.1, -0.05) is 20.3 Å². The SMILES string of the molecule is CCC1(C)CCN(CC2CCC(N)C2)CC1. The number of hydrogen-bond donors (Lipinski definition) is 1. The Balaban J connectivity index is 1.73. The molecule has 1 aliphatic heterocycles. The van der Waals surface area contributed by atoms with Crippen molar-refractivity contribution in [2.24, 2.45) is 17.1 Å². The molecule has 2 nitrogen and oxygen atoms in total. The quantitative estimate of drug-likeness (QED) is 0.798. The summed E-state index contributed by atoms with van der Waals surface area (Å²) in [5, 5.41) is 0. The molecule has 0 aromatic rings. The van der Waals surface area contributed by atoms with Crippen LogP contribution >= 0.6 is 0 Å². The fourth-order valence-corrected chi connectivity index (χ4v) is 3.27. The minimum Gasteiger partial charge on any atom is -0.328 e. The van der Waals surface area contributed by atoms with E-state index in [0.717, 1.165) is 5.92 Å². The maximum atomic E-state index is 5.98. The van der Waals surface area contributed by atoms with E-state index in [-0.39, 0.29) is 0 Å². The van der Waals surface area contributed by atoms with Gasteiger partial charge < -0.3 is 10.6 Å². The smallest absolute Gasteiger partial charge is 0.00420 e. The Morgan fingerprint density at radius 1 is 1.25 bits per heavy atom. The van der Waals surface area contributed by atoms with Crippen molar-refractivity contribution >= 4 is 0 Å². The second kappa shape index (κ2) is 5.05. The Bertz CT molecular complexity index is 219. The van der Waals surface area contributed by atoms with E-state index in [1.165, 1.54) is 58.2 Å². The fourth-order valence-electron chi connectivity index (χ4n) is 3.27. The summed E-state index contributed by atoms with van der Waals surface area (Å²) in [5.74, 6) is 0.890. The van der Waals surface area contributed by atoms with Crippen LogP contribution in [0, 0.1) is 11.3 Å². The Morgan fingerprint density at radius 3 is 2.44 bits per heavy atom. The third kappa shape index (κ3) is 2.98. The molecule has 2 atom stereocenters.